The summed E-state index contributed by atoms with van der Waals surface area (Å²) >= 11 is 0. The Bertz CT molecular complexity index is 661. The molecule has 0 aliphatic carbocycles. The van der Waals surface area contributed by atoms with Crippen molar-refractivity contribution in [2.75, 3.05) is 0 Å². The second-order valence-corrected chi connectivity index (χ2v) is 3.84. The Morgan fingerprint density at radius 2 is 1.75 bits per heavy atom. The van der Waals surface area contributed by atoms with E-state index in [4.69, 9.17) is 0 Å². The Balaban J connectivity index is 2.43. The Labute approximate surface area is 94.4 Å². The maximum Gasteiger partial charge on any atom is 0.0503 e. The third-order valence-electron chi connectivity index (χ3n) is 2.87. The maximum absolute atomic E-state index is 3.75. The summed E-state index contributed by atoms with van der Waals surface area (Å²) in [5.41, 5.74) is 3.55. The lowest BCUT2D eigenvalue weighted by molar-refractivity contribution is 1.49. The van der Waals surface area contributed by atoms with E-state index in [9.17, 15) is 0 Å². The standard InChI is InChI=1S/C15H12N/c1-2-6-11-7-5-9-13-12-8-3-4-10-14(12)16-15(11)13/h2-10,16H,1H2. The number of allylic oxidation sites excluding steroid dienone is 1. The van der Waals surface area contributed by atoms with Crippen molar-refractivity contribution in [3.05, 3.63) is 67.1 Å². The minimum atomic E-state index is 1.18. The molecule has 1 heteroatoms. The molecule has 1 aromatic heterocycles. The second kappa shape index (κ2) is 3.53. The largest absolute Gasteiger partial charge is 0.354 e. The topological polar surface area (TPSA) is 15.8 Å². The first-order chi connectivity index (χ1) is 7.90. The van der Waals surface area contributed by atoms with E-state index in [0.717, 1.165) is 0 Å². The zero-order chi connectivity index (χ0) is 11.0. The Kier molecular flexibility index (Phi) is 2.03. The summed E-state index contributed by atoms with van der Waals surface area (Å²) in [7, 11) is 0. The number of hydrogen-bond acceptors (Lipinski definition) is 0. The first-order valence-corrected chi connectivity index (χ1v) is 5.35. The van der Waals surface area contributed by atoms with Crippen LogP contribution in [0.15, 0.2) is 55.1 Å². The van der Waals surface area contributed by atoms with E-state index in [2.05, 4.69) is 54.0 Å². The van der Waals surface area contributed by atoms with Gasteiger partial charge in [-0.05, 0) is 11.6 Å². The van der Waals surface area contributed by atoms with Gasteiger partial charge in [0, 0.05) is 22.7 Å². The summed E-state index contributed by atoms with van der Waals surface area (Å²) in [4.78, 5) is 3.45. The Morgan fingerprint density at radius 3 is 2.62 bits per heavy atom. The fourth-order valence-electron chi connectivity index (χ4n) is 2.16. The first kappa shape index (κ1) is 9.22. The van der Waals surface area contributed by atoms with Gasteiger partial charge < -0.3 is 4.98 Å². The van der Waals surface area contributed by atoms with Gasteiger partial charge in [0.2, 0.25) is 0 Å². The molecule has 0 aliphatic heterocycles. The average Bonchev–Trinajstić information content (AvgIpc) is 2.69. The summed E-state index contributed by atoms with van der Waals surface area (Å²) in [6.45, 7) is 3.75. The number of rotatable bonds is 2. The molecule has 0 spiro atoms. The van der Waals surface area contributed by atoms with E-state index < -0.39 is 0 Å². The lowest BCUT2D eigenvalue weighted by Crippen LogP contribution is -1.79. The van der Waals surface area contributed by atoms with Crippen molar-refractivity contribution in [2.24, 2.45) is 0 Å². The highest BCUT2D eigenvalue weighted by molar-refractivity contribution is 6.08. The lowest BCUT2D eigenvalue weighted by atomic mass is 10.1. The molecule has 3 aromatic rings. The van der Waals surface area contributed by atoms with Crippen LogP contribution in [0.3, 0.4) is 0 Å². The number of nitrogens with one attached hydrogen (secondary N) is 1. The molecule has 0 saturated carbocycles. The molecular weight excluding hydrogens is 194 g/mol. The van der Waals surface area contributed by atoms with Gasteiger partial charge in [0.1, 0.15) is 0 Å². The number of aromatic amines is 1. The van der Waals surface area contributed by atoms with Crippen LogP contribution in [-0.2, 0) is 0 Å². The van der Waals surface area contributed by atoms with Crippen molar-refractivity contribution < 1.29 is 0 Å². The number of fused-ring (bicyclic) bond motifs is 3. The van der Waals surface area contributed by atoms with E-state index in [0.29, 0.717) is 0 Å². The van der Waals surface area contributed by atoms with Crippen LogP contribution in [0, 0.1) is 6.42 Å². The van der Waals surface area contributed by atoms with E-state index in [1.165, 1.54) is 27.4 Å². The number of para-hydroxylation sites is 2. The zero-order valence-electron chi connectivity index (χ0n) is 8.90. The molecule has 0 atom stereocenters. The molecule has 2 aromatic carbocycles. The molecule has 0 fully saturated rings. The van der Waals surface area contributed by atoms with Crippen LogP contribution in [0.4, 0.5) is 0 Å². The quantitative estimate of drug-likeness (QED) is 0.650. The second-order valence-electron chi connectivity index (χ2n) is 3.84. The van der Waals surface area contributed by atoms with Gasteiger partial charge in [-0.3, -0.25) is 0 Å². The summed E-state index contributed by atoms with van der Waals surface area (Å²) in [5.74, 6) is 0. The maximum atomic E-state index is 3.75. The number of aromatic nitrogens is 1. The third kappa shape index (κ3) is 1.25. The predicted molar refractivity (Wildman–Crippen MR) is 69.4 cm³/mol. The molecule has 77 valence electrons. The molecule has 1 radical (unpaired) electrons. The summed E-state index contributed by atoms with van der Waals surface area (Å²) in [6, 6.07) is 14.7. The van der Waals surface area contributed by atoms with Crippen LogP contribution in [0.2, 0.25) is 0 Å². The van der Waals surface area contributed by atoms with Crippen molar-refractivity contribution in [3.63, 3.8) is 0 Å². The molecule has 0 saturated heterocycles. The van der Waals surface area contributed by atoms with E-state index in [1.54, 1.807) is 0 Å². The van der Waals surface area contributed by atoms with Crippen LogP contribution in [0.1, 0.15) is 5.56 Å². The molecular formula is C15H12N. The highest BCUT2D eigenvalue weighted by Gasteiger charge is 2.05. The van der Waals surface area contributed by atoms with Gasteiger partial charge >= 0.3 is 0 Å². The monoisotopic (exact) mass is 206 g/mol. The van der Waals surface area contributed by atoms with Crippen molar-refractivity contribution in [1.29, 1.82) is 0 Å². The molecule has 0 amide bonds. The summed E-state index contributed by atoms with van der Waals surface area (Å²) in [5, 5.41) is 2.54. The van der Waals surface area contributed by atoms with Gasteiger partial charge in [0.15, 0.2) is 0 Å². The minimum Gasteiger partial charge on any atom is -0.354 e. The van der Waals surface area contributed by atoms with Crippen LogP contribution >= 0.6 is 0 Å². The number of H-pyrrole nitrogens is 1. The van der Waals surface area contributed by atoms with Crippen molar-refractivity contribution >= 4 is 21.8 Å². The van der Waals surface area contributed by atoms with E-state index >= 15 is 0 Å². The lowest BCUT2D eigenvalue weighted by Gasteiger charge is -1.98. The molecule has 16 heavy (non-hydrogen) atoms. The Morgan fingerprint density at radius 1 is 0.938 bits per heavy atom. The highest BCUT2D eigenvalue weighted by Crippen LogP contribution is 2.27. The highest BCUT2D eigenvalue weighted by atomic mass is 14.7. The summed E-state index contributed by atoms with van der Waals surface area (Å²) < 4.78 is 0. The van der Waals surface area contributed by atoms with Gasteiger partial charge in [-0.25, -0.2) is 0 Å². The molecule has 1 N–H and O–H groups in total. The third-order valence-corrected chi connectivity index (χ3v) is 2.87. The van der Waals surface area contributed by atoms with Gasteiger partial charge in [-0.15, -0.1) is 6.58 Å². The number of hydrogen-bond donors (Lipinski definition) is 1. The molecule has 1 heterocycles. The molecule has 1 nitrogen and oxygen atoms in total. The van der Waals surface area contributed by atoms with Crippen molar-refractivity contribution in [2.45, 2.75) is 0 Å². The van der Waals surface area contributed by atoms with Gasteiger partial charge in [0.25, 0.3) is 0 Å². The van der Waals surface area contributed by atoms with Crippen LogP contribution < -0.4 is 0 Å². The van der Waals surface area contributed by atoms with Crippen molar-refractivity contribution in [3.8, 4) is 0 Å². The zero-order valence-corrected chi connectivity index (χ0v) is 8.90. The first-order valence-electron chi connectivity index (χ1n) is 5.35. The normalized spacial score (nSPS) is 11.0. The van der Waals surface area contributed by atoms with Crippen LogP contribution in [-0.4, -0.2) is 4.98 Å². The fourth-order valence-corrected chi connectivity index (χ4v) is 2.16. The van der Waals surface area contributed by atoms with Gasteiger partial charge in [-0.2, -0.15) is 0 Å². The fraction of sp³-hybridized carbons (Fsp3) is 0. The van der Waals surface area contributed by atoms with Gasteiger partial charge in [0.05, 0.1) is 5.52 Å². The van der Waals surface area contributed by atoms with Crippen LogP contribution in [0.25, 0.3) is 21.8 Å². The molecule has 3 rings (SSSR count). The summed E-state index contributed by atoms with van der Waals surface area (Å²) in [6.07, 6.45) is 3.85. The van der Waals surface area contributed by atoms with E-state index in [1.807, 2.05) is 12.5 Å². The molecule has 0 bridgehead atoms. The minimum absolute atomic E-state index is 1.18. The van der Waals surface area contributed by atoms with Crippen molar-refractivity contribution in [1.82, 2.24) is 4.98 Å². The smallest absolute Gasteiger partial charge is 0.0503 e. The Hall–Kier alpha value is -2.02. The molecule has 0 unspecified atom stereocenters. The van der Waals surface area contributed by atoms with Crippen LogP contribution in [0.5, 0.6) is 0 Å². The van der Waals surface area contributed by atoms with Gasteiger partial charge in [-0.1, -0.05) is 42.5 Å². The molecule has 0 aliphatic rings. The predicted octanol–water partition coefficient (Wildman–Crippen LogP) is 4.06. The average molecular weight is 206 g/mol. The number of benzene rings is 2. The SMILES string of the molecule is C=C[CH]c1cccc2c1[nH]c1ccccc12. The van der Waals surface area contributed by atoms with E-state index in [-0.39, 0.29) is 0 Å².